The van der Waals surface area contributed by atoms with Crippen molar-refractivity contribution in [2.75, 3.05) is 12.4 Å². The monoisotopic (exact) mass is 359 g/mol. The third kappa shape index (κ3) is 3.16. The van der Waals surface area contributed by atoms with Crippen LogP contribution in [0.25, 0.3) is 0 Å². The number of nitrogens with zero attached hydrogens (tertiary/aromatic N) is 2. The first-order valence-corrected chi connectivity index (χ1v) is 8.89. The fourth-order valence-corrected chi connectivity index (χ4v) is 5.07. The zero-order valence-electron chi connectivity index (χ0n) is 13.1. The Morgan fingerprint density at radius 1 is 1.33 bits per heavy atom. The Morgan fingerprint density at radius 2 is 2.12 bits per heavy atom. The summed E-state index contributed by atoms with van der Waals surface area (Å²) >= 11 is 1.76. The van der Waals surface area contributed by atoms with E-state index in [-0.39, 0.29) is 36.4 Å². The van der Waals surface area contributed by atoms with Crippen LogP contribution in [0.15, 0.2) is 0 Å². The molecule has 3 amide bonds. The zero-order valence-corrected chi connectivity index (χ0v) is 13.9. The molecule has 3 fully saturated rings. The number of carbonyl (C=O) groups excluding carboxylic acids is 3. The summed E-state index contributed by atoms with van der Waals surface area (Å²) in [5, 5.41) is 3.46. The number of hydrogen-bond acceptors (Lipinski definition) is 8. The van der Waals surface area contributed by atoms with Crippen molar-refractivity contribution in [3.63, 3.8) is 0 Å². The molecule has 0 aromatic heterocycles. The highest BCUT2D eigenvalue weighted by atomic mass is 32.2. The number of amides is 3. The van der Waals surface area contributed by atoms with E-state index in [1.165, 1.54) is 4.90 Å². The van der Waals surface area contributed by atoms with Crippen molar-refractivity contribution in [2.24, 2.45) is 11.7 Å². The van der Waals surface area contributed by atoms with Crippen LogP contribution in [0.5, 0.6) is 0 Å². The van der Waals surface area contributed by atoms with E-state index >= 15 is 0 Å². The number of hydrogen-bond donors (Lipinski definition) is 3. The first-order valence-electron chi connectivity index (χ1n) is 7.84. The van der Waals surface area contributed by atoms with Crippen molar-refractivity contribution < 1.29 is 24.1 Å². The summed E-state index contributed by atoms with van der Waals surface area (Å²) < 4.78 is 0. The lowest BCUT2D eigenvalue weighted by Crippen LogP contribution is -2.58. The van der Waals surface area contributed by atoms with Gasteiger partial charge >= 0.3 is 12.0 Å². The van der Waals surface area contributed by atoms with Crippen molar-refractivity contribution >= 4 is 29.7 Å². The summed E-state index contributed by atoms with van der Waals surface area (Å²) in [6.45, 7) is -0.238. The maximum atomic E-state index is 12.6. The molecule has 134 valence electrons. The van der Waals surface area contributed by atoms with Gasteiger partial charge in [0.2, 0.25) is 0 Å². The topological polar surface area (TPSA) is 140 Å². The average Bonchev–Trinajstić information content (AvgIpc) is 3.06. The predicted molar refractivity (Wildman–Crippen MR) is 83.7 cm³/mol. The molecule has 0 aromatic rings. The van der Waals surface area contributed by atoms with E-state index < -0.39 is 17.9 Å². The maximum absolute atomic E-state index is 12.6. The Kier molecular flexibility index (Phi) is 5.13. The normalized spacial score (nSPS) is 34.3. The van der Waals surface area contributed by atoms with Crippen LogP contribution in [0.2, 0.25) is 0 Å². The third-order valence-corrected chi connectivity index (χ3v) is 6.05. The molecule has 0 bridgehead atoms. The van der Waals surface area contributed by atoms with Crippen LogP contribution in [0.3, 0.4) is 0 Å². The molecular weight excluding hydrogens is 338 g/mol. The van der Waals surface area contributed by atoms with Crippen molar-refractivity contribution in [1.29, 1.82) is 0 Å². The molecule has 0 spiro atoms. The Balaban J connectivity index is 1.91. The molecule has 3 rings (SSSR count). The molecule has 11 heteroatoms. The van der Waals surface area contributed by atoms with E-state index in [4.69, 9.17) is 16.6 Å². The van der Waals surface area contributed by atoms with Crippen LogP contribution in [0.1, 0.15) is 25.7 Å². The Hall–Kier alpha value is -1.56. The highest BCUT2D eigenvalue weighted by Gasteiger charge is 2.52. The van der Waals surface area contributed by atoms with E-state index in [0.29, 0.717) is 11.6 Å². The van der Waals surface area contributed by atoms with Gasteiger partial charge in [-0.25, -0.2) is 21.3 Å². The minimum Gasteiger partial charge on any atom is -0.332 e. The number of rotatable bonds is 2. The quantitative estimate of drug-likeness (QED) is 0.243. The minimum absolute atomic E-state index is 0.0303. The van der Waals surface area contributed by atoms with Gasteiger partial charge in [0.25, 0.3) is 5.91 Å². The molecule has 1 unspecified atom stereocenters. The van der Waals surface area contributed by atoms with Gasteiger partial charge in [-0.05, 0) is 12.8 Å². The maximum Gasteiger partial charge on any atom is 0.334 e. The first-order chi connectivity index (χ1) is 11.5. The number of thioether (sulfide) groups is 1. The first kappa shape index (κ1) is 17.3. The van der Waals surface area contributed by atoms with Gasteiger partial charge in [0.15, 0.2) is 0 Å². The Morgan fingerprint density at radius 3 is 2.88 bits per heavy atom. The second-order valence-electron chi connectivity index (χ2n) is 6.05. The fourth-order valence-electron chi connectivity index (χ4n) is 3.48. The highest BCUT2D eigenvalue weighted by molar-refractivity contribution is 8.00. The number of nitrogens with one attached hydrogen (secondary N) is 1. The van der Waals surface area contributed by atoms with Gasteiger partial charge in [0, 0.05) is 17.4 Å². The van der Waals surface area contributed by atoms with E-state index in [0.717, 1.165) is 18.6 Å². The molecule has 0 aliphatic carbocycles. The molecule has 0 radical (unpaired) electrons. The van der Waals surface area contributed by atoms with Gasteiger partial charge in [-0.2, -0.15) is 11.8 Å². The molecule has 3 aliphatic heterocycles. The van der Waals surface area contributed by atoms with E-state index in [2.05, 4.69) is 10.2 Å². The number of nitrogens with two attached hydrogens (primary N) is 2. The van der Waals surface area contributed by atoms with E-state index in [1.807, 2.05) is 0 Å². The second-order valence-corrected chi connectivity index (χ2v) is 7.32. The molecule has 0 saturated carbocycles. The summed E-state index contributed by atoms with van der Waals surface area (Å²) in [6, 6.07) is -1.58. The number of urea groups is 1. The summed E-state index contributed by atoms with van der Waals surface area (Å²) in [7, 11) is 0. The number of hydroxylamine groups is 1. The summed E-state index contributed by atoms with van der Waals surface area (Å²) in [6.07, 6.45) is 2.51. The van der Waals surface area contributed by atoms with Crippen LogP contribution in [-0.2, 0) is 19.3 Å². The molecule has 10 nitrogen and oxygen atoms in total. The fraction of sp³-hybridized carbons (Fsp3) is 0.769. The summed E-state index contributed by atoms with van der Waals surface area (Å²) in [5.41, 5.74) is 0. The number of carbonyl (C=O) groups is 3. The van der Waals surface area contributed by atoms with Crippen LogP contribution in [-0.4, -0.2) is 63.7 Å². The Labute approximate surface area is 143 Å². The molecule has 5 N–H and O–H groups in total. The third-order valence-electron chi connectivity index (χ3n) is 4.56. The van der Waals surface area contributed by atoms with Crippen LogP contribution in [0, 0.1) is 0 Å². The van der Waals surface area contributed by atoms with Crippen LogP contribution >= 0.6 is 11.8 Å². The molecule has 24 heavy (non-hydrogen) atoms. The van der Waals surface area contributed by atoms with Crippen molar-refractivity contribution in [3.05, 3.63) is 0 Å². The minimum atomic E-state index is -1.05. The van der Waals surface area contributed by atoms with Gasteiger partial charge in [0.05, 0.1) is 18.7 Å². The molecule has 3 saturated heterocycles. The van der Waals surface area contributed by atoms with Crippen molar-refractivity contribution in [1.82, 2.24) is 15.4 Å². The zero-order chi connectivity index (χ0) is 17.3. The van der Waals surface area contributed by atoms with Gasteiger partial charge < -0.3 is 19.9 Å². The van der Waals surface area contributed by atoms with E-state index in [1.54, 1.807) is 11.8 Å². The van der Waals surface area contributed by atoms with Crippen LogP contribution in [0.4, 0.5) is 4.79 Å². The summed E-state index contributed by atoms with van der Waals surface area (Å²) in [4.78, 5) is 47.6. The lowest BCUT2D eigenvalue weighted by molar-refractivity contribution is -0.203. The van der Waals surface area contributed by atoms with Gasteiger partial charge in [0.1, 0.15) is 6.04 Å². The predicted octanol–water partition coefficient (Wildman–Crippen LogP) is -1.14. The highest BCUT2D eigenvalue weighted by Crippen LogP contribution is 2.38. The van der Waals surface area contributed by atoms with Gasteiger partial charge in [-0.15, -0.1) is 0 Å². The lowest BCUT2D eigenvalue weighted by Gasteiger charge is -2.34. The molecular formula is C13H21N5O5S. The lowest BCUT2D eigenvalue weighted by atomic mass is 10.00. The van der Waals surface area contributed by atoms with Crippen molar-refractivity contribution in [3.8, 4) is 0 Å². The smallest absolute Gasteiger partial charge is 0.332 e. The van der Waals surface area contributed by atoms with Crippen LogP contribution < -0.4 is 17.1 Å². The second kappa shape index (κ2) is 7.13. The number of hydrazine groups is 1. The molecule has 3 heterocycles. The molecule has 3 aliphatic rings. The molecule has 0 aromatic carbocycles. The Bertz CT molecular complexity index is 535. The largest absolute Gasteiger partial charge is 0.334 e. The molecule has 4 atom stereocenters. The summed E-state index contributed by atoms with van der Waals surface area (Å²) in [5.74, 6) is 10.2. The standard InChI is InChI=1S/C13H21N5O5S/c14-18-12(20)8(5-22-15)17-11-7(16-13(17)21)6-24-9(11)3-1-2-4-10(19)23-18/h7-9,11H,1-6,14-15H2,(H,16,21)/t7-,8?,9-,11-/m1/s1. The van der Waals surface area contributed by atoms with Gasteiger partial charge in [-0.3, -0.25) is 4.79 Å². The SMILES string of the molecule is NOCC1C(=O)N(N)OC(=O)CCCC[C@H]2SC[C@H]3NC(=O)N1[C@H]32. The average molecular weight is 359 g/mol. The van der Waals surface area contributed by atoms with Crippen molar-refractivity contribution in [2.45, 2.75) is 49.1 Å². The van der Waals surface area contributed by atoms with Gasteiger partial charge in [-0.1, -0.05) is 11.6 Å². The van der Waals surface area contributed by atoms with E-state index in [9.17, 15) is 14.4 Å².